The van der Waals surface area contributed by atoms with Gasteiger partial charge in [-0.15, -0.1) is 11.3 Å². The molecule has 1 unspecified atom stereocenters. The van der Waals surface area contributed by atoms with E-state index >= 15 is 0 Å². The fraction of sp³-hybridized carbons (Fsp3) is 0.357. The standard InChI is InChI=1S/C14H14N2O2S/c1-8-3-4-9-12(8)13(16-7-15-9)10-5-6-11(19-10)14(17)18-2/h5-8H,3-4H2,1-2H3. The Balaban J connectivity index is 2.06. The van der Waals surface area contributed by atoms with E-state index in [-0.39, 0.29) is 5.97 Å². The Labute approximate surface area is 115 Å². The minimum absolute atomic E-state index is 0.296. The molecule has 2 heterocycles. The van der Waals surface area contributed by atoms with Crippen molar-refractivity contribution >= 4 is 17.3 Å². The predicted octanol–water partition coefficient (Wildman–Crippen LogP) is 3.04. The van der Waals surface area contributed by atoms with Crippen molar-refractivity contribution in [1.82, 2.24) is 9.97 Å². The van der Waals surface area contributed by atoms with Crippen LogP contribution < -0.4 is 0 Å². The average molecular weight is 274 g/mol. The predicted molar refractivity (Wildman–Crippen MR) is 73.4 cm³/mol. The van der Waals surface area contributed by atoms with Crippen LogP contribution in [0.3, 0.4) is 0 Å². The third-order valence-corrected chi connectivity index (χ3v) is 4.57. The number of thiophene rings is 1. The highest BCUT2D eigenvalue weighted by molar-refractivity contribution is 7.17. The van der Waals surface area contributed by atoms with Crippen molar-refractivity contribution in [3.8, 4) is 10.6 Å². The number of carbonyl (C=O) groups is 1. The van der Waals surface area contributed by atoms with Crippen LogP contribution in [0.1, 0.15) is 40.2 Å². The second-order valence-corrected chi connectivity index (χ2v) is 5.76. The van der Waals surface area contributed by atoms with Crippen LogP contribution in [0.25, 0.3) is 10.6 Å². The summed E-state index contributed by atoms with van der Waals surface area (Å²) in [5.41, 5.74) is 3.35. The van der Waals surface area contributed by atoms with Gasteiger partial charge in [0.1, 0.15) is 11.2 Å². The molecular weight excluding hydrogens is 260 g/mol. The second-order valence-electron chi connectivity index (χ2n) is 4.68. The molecule has 2 aromatic rings. The third kappa shape index (κ3) is 2.04. The molecule has 0 spiro atoms. The average Bonchev–Trinajstić information content (AvgIpc) is 3.05. The zero-order valence-electron chi connectivity index (χ0n) is 10.8. The number of methoxy groups -OCH3 is 1. The molecule has 0 N–H and O–H groups in total. The molecular formula is C14H14N2O2S. The maximum atomic E-state index is 11.5. The number of carbonyl (C=O) groups excluding carboxylic acids is 1. The second kappa shape index (κ2) is 4.74. The number of nitrogens with zero attached hydrogens (tertiary/aromatic N) is 2. The van der Waals surface area contributed by atoms with Gasteiger partial charge in [-0.3, -0.25) is 0 Å². The van der Waals surface area contributed by atoms with Gasteiger partial charge >= 0.3 is 5.97 Å². The Morgan fingerprint density at radius 1 is 1.42 bits per heavy atom. The van der Waals surface area contributed by atoms with E-state index in [0.29, 0.717) is 10.8 Å². The van der Waals surface area contributed by atoms with Crippen LogP contribution in [-0.4, -0.2) is 23.0 Å². The normalized spacial score (nSPS) is 17.3. The number of hydrogen-bond acceptors (Lipinski definition) is 5. The molecule has 1 aliphatic carbocycles. The Morgan fingerprint density at radius 2 is 2.26 bits per heavy atom. The number of ether oxygens (including phenoxy) is 1. The Morgan fingerprint density at radius 3 is 3.05 bits per heavy atom. The highest BCUT2D eigenvalue weighted by atomic mass is 32.1. The number of aromatic nitrogens is 2. The first-order chi connectivity index (χ1) is 9.20. The maximum Gasteiger partial charge on any atom is 0.348 e. The first-order valence-corrected chi connectivity index (χ1v) is 7.04. The van der Waals surface area contributed by atoms with Crippen molar-refractivity contribution in [1.29, 1.82) is 0 Å². The maximum absolute atomic E-state index is 11.5. The number of esters is 1. The molecule has 0 radical (unpaired) electrons. The number of fused-ring (bicyclic) bond motifs is 1. The molecule has 1 atom stereocenters. The van der Waals surface area contributed by atoms with E-state index in [1.807, 2.05) is 6.07 Å². The molecule has 2 aromatic heterocycles. The van der Waals surface area contributed by atoms with Gasteiger partial charge in [-0.1, -0.05) is 6.92 Å². The van der Waals surface area contributed by atoms with Crippen molar-refractivity contribution in [2.24, 2.45) is 0 Å². The molecule has 0 aromatic carbocycles. The lowest BCUT2D eigenvalue weighted by molar-refractivity contribution is 0.0606. The van der Waals surface area contributed by atoms with Crippen LogP contribution in [0.4, 0.5) is 0 Å². The van der Waals surface area contributed by atoms with E-state index in [9.17, 15) is 4.79 Å². The molecule has 5 heteroatoms. The number of hydrogen-bond donors (Lipinski definition) is 0. The van der Waals surface area contributed by atoms with E-state index in [2.05, 4.69) is 16.9 Å². The van der Waals surface area contributed by atoms with E-state index in [4.69, 9.17) is 4.74 Å². The van der Waals surface area contributed by atoms with Gasteiger partial charge in [-0.25, -0.2) is 14.8 Å². The number of aryl methyl sites for hydroxylation is 1. The van der Waals surface area contributed by atoms with E-state index in [1.165, 1.54) is 24.0 Å². The third-order valence-electron chi connectivity index (χ3n) is 3.50. The van der Waals surface area contributed by atoms with Gasteiger partial charge in [0.05, 0.1) is 17.7 Å². The summed E-state index contributed by atoms with van der Waals surface area (Å²) in [6, 6.07) is 3.73. The van der Waals surface area contributed by atoms with Crippen molar-refractivity contribution in [2.75, 3.05) is 7.11 Å². The van der Waals surface area contributed by atoms with Crippen LogP contribution in [-0.2, 0) is 11.2 Å². The molecule has 19 heavy (non-hydrogen) atoms. The van der Waals surface area contributed by atoms with Crippen molar-refractivity contribution in [2.45, 2.75) is 25.7 Å². The summed E-state index contributed by atoms with van der Waals surface area (Å²) in [5.74, 6) is 0.185. The van der Waals surface area contributed by atoms with Gasteiger partial charge in [0.15, 0.2) is 0 Å². The van der Waals surface area contributed by atoms with Gasteiger partial charge in [-0.05, 0) is 30.9 Å². The molecule has 0 aliphatic heterocycles. The summed E-state index contributed by atoms with van der Waals surface area (Å²) in [4.78, 5) is 21.9. The summed E-state index contributed by atoms with van der Waals surface area (Å²) < 4.78 is 4.74. The van der Waals surface area contributed by atoms with E-state index in [0.717, 1.165) is 29.1 Å². The Hall–Kier alpha value is -1.75. The summed E-state index contributed by atoms with van der Waals surface area (Å²) >= 11 is 1.42. The minimum atomic E-state index is -0.296. The summed E-state index contributed by atoms with van der Waals surface area (Å²) in [7, 11) is 1.40. The summed E-state index contributed by atoms with van der Waals surface area (Å²) in [6.45, 7) is 2.20. The molecule has 0 saturated carbocycles. The zero-order chi connectivity index (χ0) is 13.4. The molecule has 0 amide bonds. The molecule has 0 bridgehead atoms. The zero-order valence-corrected chi connectivity index (χ0v) is 11.7. The highest BCUT2D eigenvalue weighted by Gasteiger charge is 2.25. The van der Waals surface area contributed by atoms with Gasteiger partial charge in [-0.2, -0.15) is 0 Å². The largest absolute Gasteiger partial charge is 0.465 e. The smallest absolute Gasteiger partial charge is 0.348 e. The monoisotopic (exact) mass is 274 g/mol. The van der Waals surface area contributed by atoms with Gasteiger partial charge in [0.2, 0.25) is 0 Å². The lowest BCUT2D eigenvalue weighted by Gasteiger charge is -2.08. The lowest BCUT2D eigenvalue weighted by Crippen LogP contribution is -1.97. The quantitative estimate of drug-likeness (QED) is 0.790. The summed E-state index contributed by atoms with van der Waals surface area (Å²) in [6.07, 6.45) is 3.75. The highest BCUT2D eigenvalue weighted by Crippen LogP contribution is 2.39. The molecule has 98 valence electrons. The van der Waals surface area contributed by atoms with Crippen LogP contribution in [0.15, 0.2) is 18.5 Å². The van der Waals surface area contributed by atoms with Crippen molar-refractivity contribution < 1.29 is 9.53 Å². The van der Waals surface area contributed by atoms with Gasteiger partial charge in [0, 0.05) is 11.3 Å². The first kappa shape index (κ1) is 12.3. The first-order valence-electron chi connectivity index (χ1n) is 6.23. The SMILES string of the molecule is COC(=O)c1ccc(-c2ncnc3c2C(C)CC3)s1. The van der Waals surface area contributed by atoms with Crippen LogP contribution in [0.5, 0.6) is 0 Å². The molecule has 4 nitrogen and oxygen atoms in total. The molecule has 3 rings (SSSR count). The Bertz CT molecular complexity index is 636. The molecule has 0 saturated heterocycles. The minimum Gasteiger partial charge on any atom is -0.465 e. The van der Waals surface area contributed by atoms with Crippen molar-refractivity contribution in [3.63, 3.8) is 0 Å². The van der Waals surface area contributed by atoms with Crippen LogP contribution in [0.2, 0.25) is 0 Å². The molecule has 0 fully saturated rings. The van der Waals surface area contributed by atoms with E-state index in [1.54, 1.807) is 12.4 Å². The van der Waals surface area contributed by atoms with Crippen LogP contribution >= 0.6 is 11.3 Å². The summed E-state index contributed by atoms with van der Waals surface area (Å²) in [5, 5.41) is 0. The van der Waals surface area contributed by atoms with Gasteiger partial charge < -0.3 is 4.74 Å². The van der Waals surface area contributed by atoms with Crippen molar-refractivity contribution in [3.05, 3.63) is 34.6 Å². The van der Waals surface area contributed by atoms with E-state index < -0.39 is 0 Å². The lowest BCUT2D eigenvalue weighted by atomic mass is 10.0. The Kier molecular flexibility index (Phi) is 3.06. The number of rotatable bonds is 2. The molecule has 1 aliphatic rings. The fourth-order valence-corrected chi connectivity index (χ4v) is 3.45. The van der Waals surface area contributed by atoms with Gasteiger partial charge in [0.25, 0.3) is 0 Å². The van der Waals surface area contributed by atoms with Crippen LogP contribution in [0, 0.1) is 0 Å². The topological polar surface area (TPSA) is 52.1 Å². The fourth-order valence-electron chi connectivity index (χ4n) is 2.52.